The van der Waals surface area contributed by atoms with Crippen LogP contribution in [0.15, 0.2) is 30.3 Å². The molecule has 0 unspecified atom stereocenters. The van der Waals surface area contributed by atoms with Crippen molar-refractivity contribution >= 4 is 5.91 Å². The van der Waals surface area contributed by atoms with Gasteiger partial charge < -0.3 is 10.3 Å². The Balaban J connectivity index is 1.78. The van der Waals surface area contributed by atoms with Gasteiger partial charge in [-0.05, 0) is 44.4 Å². The summed E-state index contributed by atoms with van der Waals surface area (Å²) >= 11 is 0. The monoisotopic (exact) mass is 270 g/mol. The molecule has 2 aromatic rings. The molecule has 0 saturated carbocycles. The zero-order valence-corrected chi connectivity index (χ0v) is 12.4. The summed E-state index contributed by atoms with van der Waals surface area (Å²) in [5, 5.41) is 2.98. The average Bonchev–Trinajstić information content (AvgIpc) is 2.74. The fourth-order valence-corrected chi connectivity index (χ4v) is 2.26. The molecule has 1 amide bonds. The number of carbonyl (C=O) groups excluding carboxylic acids is 1. The lowest BCUT2D eigenvalue weighted by Gasteiger charge is -2.05. The Kier molecular flexibility index (Phi) is 4.61. The number of aromatic nitrogens is 1. The molecule has 0 aliphatic carbocycles. The molecule has 0 fully saturated rings. The minimum Gasteiger partial charge on any atom is -0.362 e. The highest BCUT2D eigenvalue weighted by Gasteiger charge is 2.05. The maximum atomic E-state index is 11.9. The molecule has 0 radical (unpaired) electrons. The van der Waals surface area contributed by atoms with E-state index in [4.69, 9.17) is 0 Å². The molecular weight excluding hydrogens is 248 g/mol. The third kappa shape index (κ3) is 3.98. The van der Waals surface area contributed by atoms with Gasteiger partial charge in [0, 0.05) is 24.4 Å². The van der Waals surface area contributed by atoms with Crippen LogP contribution in [0.25, 0.3) is 0 Å². The normalized spacial score (nSPS) is 10.6. The van der Waals surface area contributed by atoms with Crippen LogP contribution in [-0.2, 0) is 17.8 Å². The predicted octanol–water partition coefficient (Wildman–Crippen LogP) is 3.19. The van der Waals surface area contributed by atoms with Crippen molar-refractivity contribution in [2.24, 2.45) is 0 Å². The minimum atomic E-state index is 0.101. The van der Waals surface area contributed by atoms with Gasteiger partial charge in [-0.1, -0.05) is 29.8 Å². The summed E-state index contributed by atoms with van der Waals surface area (Å²) in [5.74, 6) is 0.101. The van der Waals surface area contributed by atoms with Gasteiger partial charge in [0.1, 0.15) is 0 Å². The lowest BCUT2D eigenvalue weighted by Crippen LogP contribution is -2.23. The number of carbonyl (C=O) groups is 1. The third-order valence-electron chi connectivity index (χ3n) is 3.49. The molecule has 20 heavy (non-hydrogen) atoms. The first-order valence-electron chi connectivity index (χ1n) is 7.02. The molecule has 106 valence electrons. The number of benzene rings is 1. The number of aryl methyl sites for hydroxylation is 4. The standard InChI is InChI=1S/C17H22N2O/c1-12-4-6-15(7-5-12)8-9-17(20)18-11-16-10-13(2)19-14(16)3/h4-7,10,19H,8-9,11H2,1-3H3,(H,18,20). The summed E-state index contributed by atoms with van der Waals surface area (Å²) < 4.78 is 0. The van der Waals surface area contributed by atoms with Gasteiger partial charge in [0.05, 0.1) is 0 Å². The highest BCUT2D eigenvalue weighted by atomic mass is 16.1. The number of amides is 1. The SMILES string of the molecule is Cc1ccc(CCC(=O)NCc2cc(C)[nH]c2C)cc1. The third-order valence-corrected chi connectivity index (χ3v) is 3.49. The average molecular weight is 270 g/mol. The molecule has 3 nitrogen and oxygen atoms in total. The second-order valence-corrected chi connectivity index (χ2v) is 5.36. The van der Waals surface area contributed by atoms with E-state index < -0.39 is 0 Å². The van der Waals surface area contributed by atoms with Crippen LogP contribution in [0.1, 0.15) is 34.5 Å². The summed E-state index contributed by atoms with van der Waals surface area (Å²) in [4.78, 5) is 15.1. The van der Waals surface area contributed by atoms with Gasteiger partial charge in [-0.25, -0.2) is 0 Å². The van der Waals surface area contributed by atoms with Crippen LogP contribution in [0.3, 0.4) is 0 Å². The minimum absolute atomic E-state index is 0.101. The smallest absolute Gasteiger partial charge is 0.220 e. The Morgan fingerprint density at radius 3 is 2.45 bits per heavy atom. The molecule has 2 rings (SSSR count). The first kappa shape index (κ1) is 14.4. The highest BCUT2D eigenvalue weighted by molar-refractivity contribution is 5.76. The molecule has 1 aromatic carbocycles. The lowest BCUT2D eigenvalue weighted by atomic mass is 10.1. The van der Waals surface area contributed by atoms with Crippen LogP contribution >= 0.6 is 0 Å². The topological polar surface area (TPSA) is 44.9 Å². The highest BCUT2D eigenvalue weighted by Crippen LogP contribution is 2.09. The van der Waals surface area contributed by atoms with Gasteiger partial charge in [-0.15, -0.1) is 0 Å². The fourth-order valence-electron chi connectivity index (χ4n) is 2.26. The molecule has 1 aromatic heterocycles. The van der Waals surface area contributed by atoms with Crippen molar-refractivity contribution in [1.82, 2.24) is 10.3 Å². The van der Waals surface area contributed by atoms with Crippen molar-refractivity contribution in [2.75, 3.05) is 0 Å². The van der Waals surface area contributed by atoms with Crippen molar-refractivity contribution in [3.05, 3.63) is 58.4 Å². The summed E-state index contributed by atoms with van der Waals surface area (Å²) in [6, 6.07) is 10.4. The van der Waals surface area contributed by atoms with Gasteiger partial charge in [0.15, 0.2) is 0 Å². The number of hydrogen-bond acceptors (Lipinski definition) is 1. The maximum Gasteiger partial charge on any atom is 0.220 e. The first-order valence-corrected chi connectivity index (χ1v) is 7.02. The van der Waals surface area contributed by atoms with Crippen molar-refractivity contribution < 1.29 is 4.79 Å². The first-order chi connectivity index (χ1) is 9.54. The van der Waals surface area contributed by atoms with E-state index >= 15 is 0 Å². The Labute approximate surface area is 120 Å². The lowest BCUT2D eigenvalue weighted by molar-refractivity contribution is -0.121. The molecule has 1 heterocycles. The zero-order chi connectivity index (χ0) is 14.5. The van der Waals surface area contributed by atoms with Crippen molar-refractivity contribution in [2.45, 2.75) is 40.2 Å². The Hall–Kier alpha value is -2.03. The number of H-pyrrole nitrogens is 1. The quantitative estimate of drug-likeness (QED) is 0.861. The molecule has 0 aliphatic heterocycles. The largest absolute Gasteiger partial charge is 0.362 e. The van der Waals surface area contributed by atoms with Crippen molar-refractivity contribution in [3.8, 4) is 0 Å². The van der Waals surface area contributed by atoms with E-state index in [9.17, 15) is 4.79 Å². The van der Waals surface area contributed by atoms with Crippen molar-refractivity contribution in [1.29, 1.82) is 0 Å². The van der Waals surface area contributed by atoms with E-state index in [-0.39, 0.29) is 5.91 Å². The molecule has 0 spiro atoms. The Morgan fingerprint density at radius 2 is 1.85 bits per heavy atom. The number of rotatable bonds is 5. The summed E-state index contributed by atoms with van der Waals surface area (Å²) in [6.07, 6.45) is 1.32. The van der Waals surface area contributed by atoms with Gasteiger partial charge in [0.25, 0.3) is 0 Å². The van der Waals surface area contributed by atoms with E-state index in [2.05, 4.69) is 47.6 Å². The van der Waals surface area contributed by atoms with Gasteiger partial charge in [-0.3, -0.25) is 4.79 Å². The van der Waals surface area contributed by atoms with Crippen LogP contribution in [0.4, 0.5) is 0 Å². The van der Waals surface area contributed by atoms with Crippen molar-refractivity contribution in [3.63, 3.8) is 0 Å². The van der Waals surface area contributed by atoms with Crippen LogP contribution in [0.5, 0.6) is 0 Å². The van der Waals surface area contributed by atoms with Crippen LogP contribution < -0.4 is 5.32 Å². The van der Waals surface area contributed by atoms with Gasteiger partial charge >= 0.3 is 0 Å². The molecule has 0 saturated heterocycles. The van der Waals surface area contributed by atoms with E-state index in [1.165, 1.54) is 11.1 Å². The van der Waals surface area contributed by atoms with E-state index in [1.54, 1.807) is 0 Å². The van der Waals surface area contributed by atoms with Gasteiger partial charge in [0.2, 0.25) is 5.91 Å². The Morgan fingerprint density at radius 1 is 1.15 bits per heavy atom. The molecular formula is C17H22N2O. The maximum absolute atomic E-state index is 11.9. The predicted molar refractivity (Wildman–Crippen MR) is 81.6 cm³/mol. The van der Waals surface area contributed by atoms with E-state index in [0.29, 0.717) is 13.0 Å². The molecule has 0 aliphatic rings. The van der Waals surface area contributed by atoms with Crippen LogP contribution in [-0.4, -0.2) is 10.9 Å². The summed E-state index contributed by atoms with van der Waals surface area (Å²) in [6.45, 7) is 6.72. The van der Waals surface area contributed by atoms with Crippen LogP contribution in [0.2, 0.25) is 0 Å². The summed E-state index contributed by atoms with van der Waals surface area (Å²) in [5.41, 5.74) is 5.87. The zero-order valence-electron chi connectivity index (χ0n) is 12.4. The number of nitrogens with one attached hydrogen (secondary N) is 2. The molecule has 2 N–H and O–H groups in total. The molecule has 0 bridgehead atoms. The second-order valence-electron chi connectivity index (χ2n) is 5.36. The number of hydrogen-bond donors (Lipinski definition) is 2. The van der Waals surface area contributed by atoms with Crippen LogP contribution in [0, 0.1) is 20.8 Å². The fraction of sp³-hybridized carbons (Fsp3) is 0.353. The van der Waals surface area contributed by atoms with E-state index in [1.807, 2.05) is 13.8 Å². The molecule has 0 atom stereocenters. The molecule has 3 heteroatoms. The van der Waals surface area contributed by atoms with Gasteiger partial charge in [-0.2, -0.15) is 0 Å². The second kappa shape index (κ2) is 6.42. The number of aromatic amines is 1. The van der Waals surface area contributed by atoms with E-state index in [0.717, 1.165) is 23.4 Å². The Bertz CT molecular complexity index is 582. The summed E-state index contributed by atoms with van der Waals surface area (Å²) in [7, 11) is 0.